The molecule has 1 aliphatic rings. The predicted octanol–water partition coefficient (Wildman–Crippen LogP) is 1.50. The Morgan fingerprint density at radius 3 is 2.20 bits per heavy atom. The molecular formula is C18H28N2O5. The summed E-state index contributed by atoms with van der Waals surface area (Å²) in [5.74, 6) is -1.92. The van der Waals surface area contributed by atoms with Gasteiger partial charge >= 0.3 is 11.9 Å². The van der Waals surface area contributed by atoms with Crippen LogP contribution < -0.4 is 0 Å². The molecule has 0 radical (unpaired) electrons. The van der Waals surface area contributed by atoms with E-state index in [2.05, 4.69) is 0 Å². The van der Waals surface area contributed by atoms with Crippen molar-refractivity contribution in [3.63, 3.8) is 0 Å². The highest BCUT2D eigenvalue weighted by Gasteiger charge is 2.54. The highest BCUT2D eigenvalue weighted by atomic mass is 16.6. The van der Waals surface area contributed by atoms with Gasteiger partial charge in [0.25, 0.3) is 5.91 Å². The molecule has 0 saturated carbocycles. The molecule has 7 heteroatoms. The average Bonchev–Trinajstić information content (AvgIpc) is 2.86. The topological polar surface area (TPSA) is 76.2 Å². The minimum atomic E-state index is -1.50. The van der Waals surface area contributed by atoms with E-state index in [-0.39, 0.29) is 30.1 Å². The molecule has 0 aliphatic carbocycles. The number of likely N-dealkylation sites (N-methyl/N-ethyl adjacent to an activating group) is 1. The number of hydrogen-bond donors (Lipinski definition) is 0. The quantitative estimate of drug-likeness (QED) is 0.487. The lowest BCUT2D eigenvalue weighted by Crippen LogP contribution is -2.50. The van der Waals surface area contributed by atoms with Gasteiger partial charge in [0.05, 0.1) is 6.61 Å². The number of nitrogens with zero attached hydrogens (tertiary/aromatic N) is 2. The second kappa shape index (κ2) is 8.69. The van der Waals surface area contributed by atoms with Crippen LogP contribution in [0.4, 0.5) is 0 Å². The number of carbonyl (C=O) groups is 3. The molecule has 1 rings (SSSR count). The Labute approximate surface area is 149 Å². The SMILES string of the molecule is CCOC(=O)C1=C(/C=C/N(C)C)[C@@](CC)(C(=O)N(CC)CC)OC1=O. The molecule has 0 N–H and O–H groups in total. The predicted molar refractivity (Wildman–Crippen MR) is 93.5 cm³/mol. The lowest BCUT2D eigenvalue weighted by molar-refractivity contribution is -0.164. The smallest absolute Gasteiger partial charge is 0.347 e. The molecule has 0 aromatic rings. The van der Waals surface area contributed by atoms with Crippen LogP contribution in [0.2, 0.25) is 0 Å². The minimum Gasteiger partial charge on any atom is -0.462 e. The summed E-state index contributed by atoms with van der Waals surface area (Å²) >= 11 is 0. The van der Waals surface area contributed by atoms with E-state index < -0.39 is 17.5 Å². The maximum atomic E-state index is 13.1. The van der Waals surface area contributed by atoms with Crippen molar-refractivity contribution < 1.29 is 23.9 Å². The van der Waals surface area contributed by atoms with Crippen LogP contribution in [0.3, 0.4) is 0 Å². The third-order valence-electron chi connectivity index (χ3n) is 4.09. The first kappa shape index (κ1) is 20.7. The van der Waals surface area contributed by atoms with Gasteiger partial charge in [-0.25, -0.2) is 9.59 Å². The average molecular weight is 352 g/mol. The lowest BCUT2D eigenvalue weighted by atomic mass is 9.87. The number of hydrogen-bond acceptors (Lipinski definition) is 6. The Balaban J connectivity index is 3.57. The number of amides is 1. The van der Waals surface area contributed by atoms with Gasteiger partial charge in [-0.1, -0.05) is 6.92 Å². The third kappa shape index (κ3) is 4.03. The molecule has 140 valence electrons. The first-order valence-electron chi connectivity index (χ1n) is 8.58. The van der Waals surface area contributed by atoms with E-state index in [1.807, 2.05) is 13.8 Å². The molecule has 0 saturated heterocycles. The Kier molecular flexibility index (Phi) is 7.21. The van der Waals surface area contributed by atoms with Crippen LogP contribution in [0.15, 0.2) is 23.4 Å². The lowest BCUT2D eigenvalue weighted by Gasteiger charge is -2.32. The van der Waals surface area contributed by atoms with Crippen LogP contribution >= 0.6 is 0 Å². The van der Waals surface area contributed by atoms with E-state index >= 15 is 0 Å². The highest BCUT2D eigenvalue weighted by molar-refractivity contribution is 6.19. The van der Waals surface area contributed by atoms with Gasteiger partial charge in [0.1, 0.15) is 0 Å². The molecule has 0 unspecified atom stereocenters. The molecular weight excluding hydrogens is 324 g/mol. The fourth-order valence-electron chi connectivity index (χ4n) is 2.75. The molecule has 0 aromatic carbocycles. The Morgan fingerprint density at radius 1 is 1.16 bits per heavy atom. The summed E-state index contributed by atoms with van der Waals surface area (Å²) in [5, 5.41) is 0. The standard InChI is InChI=1S/C18H28N2O5/c1-7-18(17(23)20(8-2)9-3)13(11-12-19(5)6)14(16(22)25-18)15(21)24-10-4/h11-12H,7-10H2,1-6H3/b12-11+/t18-/m0/s1. The highest BCUT2D eigenvalue weighted by Crippen LogP contribution is 2.39. The summed E-state index contributed by atoms with van der Waals surface area (Å²) in [4.78, 5) is 41.2. The van der Waals surface area contributed by atoms with Crippen molar-refractivity contribution >= 4 is 17.8 Å². The number of carbonyl (C=O) groups excluding carboxylic acids is 3. The van der Waals surface area contributed by atoms with Crippen LogP contribution in [-0.2, 0) is 23.9 Å². The van der Waals surface area contributed by atoms with Crippen LogP contribution in [0.5, 0.6) is 0 Å². The molecule has 7 nitrogen and oxygen atoms in total. The van der Waals surface area contributed by atoms with E-state index in [1.165, 1.54) is 0 Å². The monoisotopic (exact) mass is 352 g/mol. The molecule has 1 heterocycles. The normalized spacial score (nSPS) is 20.0. The van der Waals surface area contributed by atoms with Crippen molar-refractivity contribution in [2.24, 2.45) is 0 Å². The van der Waals surface area contributed by atoms with Crippen molar-refractivity contribution in [2.45, 2.75) is 39.7 Å². The third-order valence-corrected chi connectivity index (χ3v) is 4.09. The van der Waals surface area contributed by atoms with Gasteiger partial charge in [-0.05, 0) is 39.5 Å². The minimum absolute atomic E-state index is 0.128. The summed E-state index contributed by atoms with van der Waals surface area (Å²) in [6.07, 6.45) is 3.49. The van der Waals surface area contributed by atoms with E-state index in [1.54, 1.807) is 50.0 Å². The molecule has 1 aliphatic heterocycles. The summed E-state index contributed by atoms with van der Waals surface area (Å²) in [7, 11) is 3.61. The van der Waals surface area contributed by atoms with Crippen molar-refractivity contribution in [1.29, 1.82) is 0 Å². The molecule has 0 spiro atoms. The molecule has 1 atom stereocenters. The number of esters is 2. The maximum absolute atomic E-state index is 13.1. The Hall–Kier alpha value is -2.31. The van der Waals surface area contributed by atoms with Crippen LogP contribution in [-0.4, -0.2) is 67.0 Å². The molecule has 0 aromatic heterocycles. The van der Waals surface area contributed by atoms with E-state index in [0.29, 0.717) is 13.1 Å². The molecule has 0 bridgehead atoms. The van der Waals surface area contributed by atoms with E-state index in [4.69, 9.17) is 9.47 Å². The summed E-state index contributed by atoms with van der Waals surface area (Å²) < 4.78 is 10.5. The second-order valence-corrected chi connectivity index (χ2v) is 5.84. The van der Waals surface area contributed by atoms with Gasteiger partial charge in [-0.2, -0.15) is 0 Å². The fraction of sp³-hybridized carbons (Fsp3) is 0.611. The van der Waals surface area contributed by atoms with Crippen LogP contribution in [0, 0.1) is 0 Å². The van der Waals surface area contributed by atoms with Crippen molar-refractivity contribution in [1.82, 2.24) is 9.80 Å². The first-order chi connectivity index (χ1) is 11.8. The van der Waals surface area contributed by atoms with Gasteiger partial charge in [-0.3, -0.25) is 4.79 Å². The number of cyclic esters (lactones) is 1. The largest absolute Gasteiger partial charge is 0.462 e. The van der Waals surface area contributed by atoms with Crippen molar-refractivity contribution in [3.8, 4) is 0 Å². The zero-order valence-corrected chi connectivity index (χ0v) is 15.9. The zero-order chi connectivity index (χ0) is 19.2. The summed E-state index contributed by atoms with van der Waals surface area (Å²) in [6, 6.07) is 0. The van der Waals surface area contributed by atoms with Gasteiger partial charge in [0, 0.05) is 32.8 Å². The summed E-state index contributed by atoms with van der Waals surface area (Å²) in [5.41, 5.74) is -1.45. The van der Waals surface area contributed by atoms with E-state index in [9.17, 15) is 14.4 Å². The van der Waals surface area contributed by atoms with Crippen LogP contribution in [0.1, 0.15) is 34.1 Å². The zero-order valence-electron chi connectivity index (χ0n) is 15.9. The maximum Gasteiger partial charge on any atom is 0.347 e. The summed E-state index contributed by atoms with van der Waals surface area (Å²) in [6.45, 7) is 8.21. The van der Waals surface area contributed by atoms with Gasteiger partial charge in [-0.15, -0.1) is 0 Å². The van der Waals surface area contributed by atoms with Crippen molar-refractivity contribution in [2.75, 3.05) is 33.8 Å². The second-order valence-electron chi connectivity index (χ2n) is 5.84. The van der Waals surface area contributed by atoms with Crippen LogP contribution in [0.25, 0.3) is 0 Å². The number of rotatable bonds is 8. The van der Waals surface area contributed by atoms with Gasteiger partial charge in [0.2, 0.25) is 5.60 Å². The fourth-order valence-corrected chi connectivity index (χ4v) is 2.75. The molecule has 1 amide bonds. The van der Waals surface area contributed by atoms with Gasteiger partial charge in [0.15, 0.2) is 5.57 Å². The molecule has 0 fully saturated rings. The van der Waals surface area contributed by atoms with Crippen molar-refractivity contribution in [3.05, 3.63) is 23.4 Å². The number of ether oxygens (including phenoxy) is 2. The molecule has 25 heavy (non-hydrogen) atoms. The Morgan fingerprint density at radius 2 is 1.76 bits per heavy atom. The van der Waals surface area contributed by atoms with Gasteiger partial charge < -0.3 is 19.3 Å². The van der Waals surface area contributed by atoms with E-state index in [0.717, 1.165) is 0 Å². The first-order valence-corrected chi connectivity index (χ1v) is 8.58. The Bertz CT molecular complexity index is 590.